The van der Waals surface area contributed by atoms with Crippen LogP contribution in [0.1, 0.15) is 45.4 Å². The van der Waals surface area contributed by atoms with Gasteiger partial charge >= 0.3 is 0 Å². The van der Waals surface area contributed by atoms with Crippen LogP contribution in [0.15, 0.2) is 0 Å². The number of nitrogens with zero attached hydrogens (tertiary/aromatic N) is 1. The van der Waals surface area contributed by atoms with Crippen LogP contribution in [0.2, 0.25) is 0 Å². The Morgan fingerprint density at radius 2 is 2.05 bits per heavy atom. The van der Waals surface area contributed by atoms with Crippen LogP contribution in [0, 0.1) is 11.8 Å². The first-order valence-electron chi connectivity index (χ1n) is 8.42. The standard InChI is InChI=1S/C16H30N2O/c1-2-15-10-17-16(14-6-7-14)11-18(15)8-3-9-19-12-13-4-5-13/h13-17H,2-12H2,1H3. The van der Waals surface area contributed by atoms with Gasteiger partial charge in [0.2, 0.25) is 0 Å². The molecule has 110 valence electrons. The monoisotopic (exact) mass is 266 g/mol. The predicted molar refractivity (Wildman–Crippen MR) is 78.3 cm³/mol. The van der Waals surface area contributed by atoms with E-state index in [-0.39, 0.29) is 0 Å². The summed E-state index contributed by atoms with van der Waals surface area (Å²) in [5, 5.41) is 3.76. The molecule has 0 radical (unpaired) electrons. The first kappa shape index (κ1) is 13.8. The summed E-state index contributed by atoms with van der Waals surface area (Å²) in [7, 11) is 0. The molecule has 1 saturated heterocycles. The normalized spacial score (nSPS) is 32.7. The topological polar surface area (TPSA) is 24.5 Å². The molecule has 0 aromatic carbocycles. The zero-order valence-electron chi connectivity index (χ0n) is 12.4. The average molecular weight is 266 g/mol. The quantitative estimate of drug-likeness (QED) is 0.682. The Hall–Kier alpha value is -0.120. The van der Waals surface area contributed by atoms with Crippen molar-refractivity contribution in [1.29, 1.82) is 0 Å². The van der Waals surface area contributed by atoms with Gasteiger partial charge in [-0.1, -0.05) is 6.92 Å². The summed E-state index contributed by atoms with van der Waals surface area (Å²) in [6.45, 7) is 8.00. The Morgan fingerprint density at radius 3 is 2.74 bits per heavy atom. The number of ether oxygens (including phenoxy) is 1. The molecule has 1 heterocycles. The highest BCUT2D eigenvalue weighted by molar-refractivity contribution is 4.94. The first-order valence-corrected chi connectivity index (χ1v) is 8.42. The van der Waals surface area contributed by atoms with Crippen LogP contribution >= 0.6 is 0 Å². The van der Waals surface area contributed by atoms with Crippen LogP contribution in [0.5, 0.6) is 0 Å². The third-order valence-corrected chi connectivity index (χ3v) is 5.01. The first-order chi connectivity index (χ1) is 9.36. The van der Waals surface area contributed by atoms with Crippen molar-refractivity contribution in [2.24, 2.45) is 11.8 Å². The van der Waals surface area contributed by atoms with Crippen molar-refractivity contribution in [1.82, 2.24) is 10.2 Å². The molecule has 0 aromatic heterocycles. The molecule has 3 nitrogen and oxygen atoms in total. The highest BCUT2D eigenvalue weighted by atomic mass is 16.5. The zero-order valence-corrected chi connectivity index (χ0v) is 12.4. The molecule has 0 aromatic rings. The Morgan fingerprint density at radius 1 is 1.21 bits per heavy atom. The maximum Gasteiger partial charge on any atom is 0.0494 e. The van der Waals surface area contributed by atoms with Gasteiger partial charge in [0.25, 0.3) is 0 Å². The van der Waals surface area contributed by atoms with E-state index in [0.717, 1.165) is 37.1 Å². The summed E-state index contributed by atoms with van der Waals surface area (Å²) < 4.78 is 5.76. The van der Waals surface area contributed by atoms with E-state index in [9.17, 15) is 0 Å². The van der Waals surface area contributed by atoms with Crippen molar-refractivity contribution in [2.45, 2.75) is 57.5 Å². The molecule has 2 saturated carbocycles. The summed E-state index contributed by atoms with van der Waals surface area (Å²) in [5.74, 6) is 1.88. The smallest absolute Gasteiger partial charge is 0.0494 e. The SMILES string of the molecule is CCC1CNC(C2CC2)CN1CCCOCC1CC1. The minimum Gasteiger partial charge on any atom is -0.381 e. The predicted octanol–water partition coefficient (Wildman–Crippen LogP) is 2.27. The van der Waals surface area contributed by atoms with Gasteiger partial charge in [0, 0.05) is 44.9 Å². The van der Waals surface area contributed by atoms with Gasteiger partial charge in [-0.3, -0.25) is 4.90 Å². The van der Waals surface area contributed by atoms with Crippen molar-refractivity contribution in [3.63, 3.8) is 0 Å². The second-order valence-electron chi connectivity index (χ2n) is 6.78. The maximum absolute atomic E-state index is 5.76. The van der Waals surface area contributed by atoms with Crippen LogP contribution in [-0.2, 0) is 4.74 Å². The molecule has 0 bridgehead atoms. The van der Waals surface area contributed by atoms with E-state index >= 15 is 0 Å². The maximum atomic E-state index is 5.76. The van der Waals surface area contributed by atoms with Gasteiger partial charge in [-0.05, 0) is 50.4 Å². The molecule has 2 aliphatic carbocycles. The summed E-state index contributed by atoms with van der Waals surface area (Å²) >= 11 is 0. The van der Waals surface area contributed by atoms with Crippen LogP contribution in [0.25, 0.3) is 0 Å². The van der Waals surface area contributed by atoms with Crippen LogP contribution in [0.3, 0.4) is 0 Å². The number of nitrogens with one attached hydrogen (secondary N) is 1. The molecule has 2 unspecified atom stereocenters. The van der Waals surface area contributed by atoms with E-state index in [1.165, 1.54) is 58.2 Å². The van der Waals surface area contributed by atoms with Gasteiger partial charge in [0.15, 0.2) is 0 Å². The molecular weight excluding hydrogens is 236 g/mol. The fraction of sp³-hybridized carbons (Fsp3) is 1.00. The van der Waals surface area contributed by atoms with Gasteiger partial charge in [-0.15, -0.1) is 0 Å². The Balaban J connectivity index is 1.35. The van der Waals surface area contributed by atoms with E-state index in [4.69, 9.17) is 4.74 Å². The van der Waals surface area contributed by atoms with E-state index < -0.39 is 0 Å². The molecule has 3 rings (SSSR count). The lowest BCUT2D eigenvalue weighted by atomic mass is 10.0. The van der Waals surface area contributed by atoms with Crippen molar-refractivity contribution in [3.05, 3.63) is 0 Å². The fourth-order valence-corrected chi connectivity index (χ4v) is 3.28. The molecular formula is C16H30N2O. The molecule has 3 fully saturated rings. The number of piperazine rings is 1. The van der Waals surface area contributed by atoms with Gasteiger partial charge in [-0.25, -0.2) is 0 Å². The Kier molecular flexibility index (Phi) is 4.78. The molecule has 0 amide bonds. The molecule has 2 atom stereocenters. The number of hydrogen-bond acceptors (Lipinski definition) is 3. The summed E-state index contributed by atoms with van der Waals surface area (Å²) in [4.78, 5) is 2.72. The lowest BCUT2D eigenvalue weighted by Gasteiger charge is -2.40. The molecule has 3 heteroatoms. The average Bonchev–Trinajstić information content (AvgIpc) is 3.29. The highest BCUT2D eigenvalue weighted by Gasteiger charge is 2.36. The van der Waals surface area contributed by atoms with Gasteiger partial charge in [0.05, 0.1) is 0 Å². The summed E-state index contributed by atoms with van der Waals surface area (Å²) in [6.07, 6.45) is 8.19. The minimum absolute atomic E-state index is 0.749. The van der Waals surface area contributed by atoms with Crippen LogP contribution < -0.4 is 5.32 Å². The molecule has 0 spiro atoms. The zero-order chi connectivity index (χ0) is 13.1. The third kappa shape index (κ3) is 4.17. The van der Waals surface area contributed by atoms with Crippen molar-refractivity contribution in [2.75, 3.05) is 32.8 Å². The van der Waals surface area contributed by atoms with Gasteiger partial charge in [-0.2, -0.15) is 0 Å². The highest BCUT2D eigenvalue weighted by Crippen LogP contribution is 2.34. The number of rotatable bonds is 8. The van der Waals surface area contributed by atoms with Gasteiger partial charge in [0.1, 0.15) is 0 Å². The largest absolute Gasteiger partial charge is 0.381 e. The fourth-order valence-electron chi connectivity index (χ4n) is 3.28. The number of hydrogen-bond donors (Lipinski definition) is 1. The van der Waals surface area contributed by atoms with E-state index in [1.807, 2.05) is 0 Å². The lowest BCUT2D eigenvalue weighted by Crippen LogP contribution is -2.57. The van der Waals surface area contributed by atoms with Crippen LogP contribution in [-0.4, -0.2) is 49.8 Å². The molecule has 1 aliphatic heterocycles. The van der Waals surface area contributed by atoms with Crippen LogP contribution in [0.4, 0.5) is 0 Å². The minimum atomic E-state index is 0.749. The van der Waals surface area contributed by atoms with E-state index in [2.05, 4.69) is 17.1 Å². The summed E-state index contributed by atoms with van der Waals surface area (Å²) in [5.41, 5.74) is 0. The molecule has 19 heavy (non-hydrogen) atoms. The van der Waals surface area contributed by atoms with Crippen molar-refractivity contribution in [3.8, 4) is 0 Å². The van der Waals surface area contributed by atoms with Crippen molar-refractivity contribution >= 4 is 0 Å². The van der Waals surface area contributed by atoms with Crippen molar-refractivity contribution < 1.29 is 4.74 Å². The second kappa shape index (κ2) is 6.55. The molecule has 1 N–H and O–H groups in total. The molecule has 3 aliphatic rings. The Labute approximate surface area is 118 Å². The van der Waals surface area contributed by atoms with E-state index in [0.29, 0.717) is 0 Å². The second-order valence-corrected chi connectivity index (χ2v) is 6.78. The van der Waals surface area contributed by atoms with Gasteiger partial charge < -0.3 is 10.1 Å². The van der Waals surface area contributed by atoms with E-state index in [1.54, 1.807) is 0 Å². The third-order valence-electron chi connectivity index (χ3n) is 5.01. The Bertz CT molecular complexity index is 276. The summed E-state index contributed by atoms with van der Waals surface area (Å²) in [6, 6.07) is 1.52. The lowest BCUT2D eigenvalue weighted by molar-refractivity contribution is 0.0836.